The van der Waals surface area contributed by atoms with Crippen molar-refractivity contribution in [3.05, 3.63) is 0 Å². The van der Waals surface area contributed by atoms with Crippen molar-refractivity contribution in [2.24, 2.45) is 5.92 Å². The van der Waals surface area contributed by atoms with Gasteiger partial charge in [0.05, 0.1) is 99.4 Å². The Kier molecular flexibility index (Phi) is 29.4. The fourth-order valence-electron chi connectivity index (χ4n) is 3.42. The highest BCUT2D eigenvalue weighted by Crippen LogP contribution is 2.03. The Hall–Kier alpha value is -0.890. The largest absolute Gasteiger partial charge is 0.469 e. The van der Waals surface area contributed by atoms with E-state index in [4.69, 9.17) is 37.9 Å². The fourth-order valence-corrected chi connectivity index (χ4v) is 3.42. The van der Waals surface area contributed by atoms with Crippen LogP contribution in [0.15, 0.2) is 0 Å². The molecular formula is C28H58N2O9. The van der Waals surface area contributed by atoms with Gasteiger partial charge in [0.2, 0.25) is 0 Å². The van der Waals surface area contributed by atoms with Crippen LogP contribution in [0.4, 0.5) is 0 Å². The molecule has 234 valence electrons. The van der Waals surface area contributed by atoms with Crippen LogP contribution in [0.2, 0.25) is 0 Å². The Morgan fingerprint density at radius 1 is 0.564 bits per heavy atom. The molecule has 1 heterocycles. The second kappa shape index (κ2) is 30.1. The number of carbonyl (C=O) groups excluding carboxylic acids is 1. The number of hydrogen-bond acceptors (Lipinski definition) is 11. The molecule has 0 aliphatic carbocycles. The van der Waals surface area contributed by atoms with Gasteiger partial charge in [-0.05, 0) is 5.92 Å². The Balaban J connectivity index is 0.00000704. The summed E-state index contributed by atoms with van der Waals surface area (Å²) in [7, 11) is 1.43. The number of rotatable bonds is 26. The summed E-state index contributed by atoms with van der Waals surface area (Å²) in [6, 6.07) is 0. The van der Waals surface area contributed by atoms with Crippen molar-refractivity contribution in [1.82, 2.24) is 9.80 Å². The lowest BCUT2D eigenvalue weighted by Crippen LogP contribution is -2.47. The van der Waals surface area contributed by atoms with E-state index in [1.165, 1.54) is 7.11 Å². The van der Waals surface area contributed by atoms with Gasteiger partial charge in [0.25, 0.3) is 0 Å². The number of nitrogens with zero attached hydrogens (tertiary/aromatic N) is 2. The minimum absolute atomic E-state index is 0.146. The summed E-state index contributed by atoms with van der Waals surface area (Å²) >= 11 is 0. The minimum Gasteiger partial charge on any atom is -0.469 e. The van der Waals surface area contributed by atoms with Gasteiger partial charge in [-0.2, -0.15) is 0 Å². The molecule has 1 saturated heterocycles. The summed E-state index contributed by atoms with van der Waals surface area (Å²) in [5.41, 5.74) is 0. The lowest BCUT2D eigenvalue weighted by molar-refractivity contribution is -0.141. The molecule has 0 saturated carbocycles. The highest BCUT2D eigenvalue weighted by Gasteiger charge is 2.17. The first kappa shape index (κ1) is 38.1. The third kappa shape index (κ3) is 27.1. The Labute approximate surface area is 237 Å². The average molecular weight is 567 g/mol. The van der Waals surface area contributed by atoms with Crippen molar-refractivity contribution < 1.29 is 42.7 Å². The van der Waals surface area contributed by atoms with Crippen LogP contribution in [0.3, 0.4) is 0 Å². The minimum atomic E-state index is -0.146. The molecule has 0 unspecified atom stereocenters. The van der Waals surface area contributed by atoms with E-state index in [1.54, 1.807) is 0 Å². The molecule has 0 amide bonds. The van der Waals surface area contributed by atoms with E-state index < -0.39 is 0 Å². The summed E-state index contributed by atoms with van der Waals surface area (Å²) in [6.07, 6.45) is 0.459. The highest BCUT2D eigenvalue weighted by molar-refractivity contribution is 5.69. The molecular weight excluding hydrogens is 508 g/mol. The summed E-state index contributed by atoms with van der Waals surface area (Å²) in [6.45, 7) is 22.1. The molecule has 1 aliphatic heterocycles. The van der Waals surface area contributed by atoms with Crippen LogP contribution in [-0.2, 0) is 42.7 Å². The maximum atomic E-state index is 11.2. The van der Waals surface area contributed by atoms with Gasteiger partial charge in [0.15, 0.2) is 0 Å². The molecule has 11 nitrogen and oxygen atoms in total. The second-order valence-electron chi connectivity index (χ2n) is 9.15. The molecule has 0 radical (unpaired) electrons. The summed E-state index contributed by atoms with van der Waals surface area (Å²) in [5.74, 6) is 0.405. The van der Waals surface area contributed by atoms with Gasteiger partial charge >= 0.3 is 5.97 Å². The summed E-state index contributed by atoms with van der Waals surface area (Å²) in [5, 5.41) is 0. The van der Waals surface area contributed by atoms with Crippen molar-refractivity contribution in [3.63, 3.8) is 0 Å². The maximum Gasteiger partial charge on any atom is 0.306 e. The van der Waals surface area contributed by atoms with Crippen LogP contribution in [0, 0.1) is 5.92 Å². The van der Waals surface area contributed by atoms with E-state index in [9.17, 15) is 4.79 Å². The number of esters is 1. The van der Waals surface area contributed by atoms with E-state index in [1.807, 2.05) is 13.8 Å². The Bertz CT molecular complexity index is 507. The standard InChI is InChI=1S/C26H52N2O9.C2H6/c1-25(2)24-37-23-22-36-21-20-35-19-18-34-17-16-33-15-14-32-13-12-31-11-10-28-8-6-27(7-9-28)5-4-26(29)30-3;1-2/h25H,4-24H2,1-3H3;1-2H3. The topological polar surface area (TPSA) is 97.4 Å². The normalized spacial score (nSPS) is 14.4. The third-order valence-electron chi connectivity index (χ3n) is 5.56. The van der Waals surface area contributed by atoms with E-state index in [0.29, 0.717) is 98.2 Å². The van der Waals surface area contributed by atoms with Gasteiger partial charge in [-0.15, -0.1) is 0 Å². The predicted molar refractivity (Wildman–Crippen MR) is 151 cm³/mol. The average Bonchev–Trinajstić information content (AvgIpc) is 2.96. The molecule has 1 aliphatic rings. The first-order valence-corrected chi connectivity index (χ1v) is 14.7. The lowest BCUT2D eigenvalue weighted by atomic mass is 10.2. The highest BCUT2D eigenvalue weighted by atomic mass is 16.6. The summed E-state index contributed by atoms with van der Waals surface area (Å²) < 4.78 is 43.2. The first-order valence-electron chi connectivity index (χ1n) is 14.7. The maximum absolute atomic E-state index is 11.2. The molecule has 0 spiro atoms. The monoisotopic (exact) mass is 566 g/mol. The van der Waals surface area contributed by atoms with Crippen molar-refractivity contribution in [3.8, 4) is 0 Å². The molecule has 0 aromatic rings. The van der Waals surface area contributed by atoms with Crippen LogP contribution < -0.4 is 0 Å². The van der Waals surface area contributed by atoms with Crippen molar-refractivity contribution in [1.29, 1.82) is 0 Å². The fraction of sp³-hybridized carbons (Fsp3) is 0.964. The van der Waals surface area contributed by atoms with Crippen molar-refractivity contribution >= 4 is 5.97 Å². The predicted octanol–water partition coefficient (Wildman–Crippen LogP) is 1.97. The van der Waals surface area contributed by atoms with Crippen LogP contribution in [-0.4, -0.2) is 155 Å². The van der Waals surface area contributed by atoms with E-state index >= 15 is 0 Å². The van der Waals surface area contributed by atoms with Gasteiger partial charge in [-0.1, -0.05) is 27.7 Å². The molecule has 0 N–H and O–H groups in total. The molecule has 0 aromatic heterocycles. The van der Waals surface area contributed by atoms with Crippen LogP contribution >= 0.6 is 0 Å². The second-order valence-corrected chi connectivity index (χ2v) is 9.15. The van der Waals surface area contributed by atoms with E-state index in [0.717, 1.165) is 45.9 Å². The van der Waals surface area contributed by atoms with Crippen LogP contribution in [0.25, 0.3) is 0 Å². The zero-order valence-electron chi connectivity index (χ0n) is 25.5. The third-order valence-corrected chi connectivity index (χ3v) is 5.56. The van der Waals surface area contributed by atoms with Crippen LogP contribution in [0.1, 0.15) is 34.1 Å². The molecule has 1 rings (SSSR count). The molecule has 39 heavy (non-hydrogen) atoms. The Morgan fingerprint density at radius 3 is 1.26 bits per heavy atom. The van der Waals surface area contributed by atoms with Crippen molar-refractivity contribution in [2.75, 3.05) is 139 Å². The first-order chi connectivity index (χ1) is 19.1. The molecule has 1 fully saturated rings. The molecule has 0 atom stereocenters. The number of methoxy groups -OCH3 is 1. The molecule has 0 aromatic carbocycles. The van der Waals surface area contributed by atoms with Gasteiger partial charge < -0.3 is 42.8 Å². The zero-order chi connectivity index (χ0) is 28.8. The number of hydrogen-bond donors (Lipinski definition) is 0. The van der Waals surface area contributed by atoms with E-state index in [-0.39, 0.29) is 5.97 Å². The van der Waals surface area contributed by atoms with Crippen LogP contribution in [0.5, 0.6) is 0 Å². The smallest absolute Gasteiger partial charge is 0.306 e. The van der Waals surface area contributed by atoms with Crippen molar-refractivity contribution in [2.45, 2.75) is 34.1 Å². The SMILES string of the molecule is CC.COC(=O)CCN1CCN(CCOCCOCCOCCOCCOCCOCCOCC(C)C)CC1. The quantitative estimate of drug-likeness (QED) is 0.114. The molecule has 0 bridgehead atoms. The lowest BCUT2D eigenvalue weighted by Gasteiger charge is -2.34. The number of carbonyl (C=O) groups is 1. The Morgan fingerprint density at radius 2 is 0.897 bits per heavy atom. The number of piperazine rings is 1. The van der Waals surface area contributed by atoms with Gasteiger partial charge in [0, 0.05) is 45.9 Å². The van der Waals surface area contributed by atoms with E-state index in [2.05, 4.69) is 23.6 Å². The summed E-state index contributed by atoms with van der Waals surface area (Å²) in [4.78, 5) is 15.9. The van der Waals surface area contributed by atoms with Gasteiger partial charge in [0.1, 0.15) is 0 Å². The van der Waals surface area contributed by atoms with Gasteiger partial charge in [-0.25, -0.2) is 0 Å². The number of ether oxygens (including phenoxy) is 8. The van der Waals surface area contributed by atoms with Gasteiger partial charge in [-0.3, -0.25) is 9.69 Å². The zero-order valence-corrected chi connectivity index (χ0v) is 25.5. The molecule has 11 heteroatoms.